The van der Waals surface area contributed by atoms with Gasteiger partial charge in [0.2, 0.25) is 0 Å². The van der Waals surface area contributed by atoms with E-state index in [4.69, 9.17) is 11.6 Å². The van der Waals surface area contributed by atoms with E-state index >= 15 is 0 Å². The van der Waals surface area contributed by atoms with Crippen molar-refractivity contribution in [1.82, 2.24) is 5.32 Å². The minimum absolute atomic E-state index is 0.0569. The molecule has 0 heterocycles. The second-order valence-corrected chi connectivity index (χ2v) is 7.22. The molecule has 108 valence electrons. The van der Waals surface area contributed by atoms with Gasteiger partial charge in [0.05, 0.1) is 5.02 Å². The Labute approximate surface area is 119 Å². The second kappa shape index (κ2) is 7.22. The van der Waals surface area contributed by atoms with Crippen LogP contribution in [-0.2, 0) is 9.84 Å². The van der Waals surface area contributed by atoms with Crippen molar-refractivity contribution >= 4 is 21.4 Å². The molecule has 0 aliphatic rings. The largest absolute Gasteiger partial charge is 0.310 e. The van der Waals surface area contributed by atoms with Gasteiger partial charge in [-0.05, 0) is 37.1 Å². The summed E-state index contributed by atoms with van der Waals surface area (Å²) in [5.74, 6) is -0.310. The fourth-order valence-electron chi connectivity index (χ4n) is 1.91. The lowest BCUT2D eigenvalue weighted by Crippen LogP contribution is -2.21. The molecule has 19 heavy (non-hydrogen) atoms. The van der Waals surface area contributed by atoms with Crippen molar-refractivity contribution in [2.45, 2.75) is 25.8 Å². The summed E-state index contributed by atoms with van der Waals surface area (Å²) in [5.41, 5.74) is 0.789. The lowest BCUT2D eigenvalue weighted by Gasteiger charge is -2.18. The van der Waals surface area contributed by atoms with Crippen molar-refractivity contribution < 1.29 is 12.8 Å². The van der Waals surface area contributed by atoms with Crippen LogP contribution in [0.15, 0.2) is 18.2 Å². The number of halogens is 2. The molecule has 0 aliphatic carbocycles. The summed E-state index contributed by atoms with van der Waals surface area (Å²) in [4.78, 5) is 0. The third-order valence-corrected chi connectivity index (χ3v) is 4.14. The van der Waals surface area contributed by atoms with E-state index in [1.165, 1.54) is 18.4 Å². The maximum Gasteiger partial charge on any atom is 0.147 e. The molecule has 1 aromatic carbocycles. The lowest BCUT2D eigenvalue weighted by atomic mass is 10.0. The zero-order valence-corrected chi connectivity index (χ0v) is 12.7. The van der Waals surface area contributed by atoms with E-state index in [0.29, 0.717) is 12.8 Å². The molecular formula is C13H19ClFNO2S. The number of hydrogen-bond acceptors (Lipinski definition) is 3. The Hall–Kier alpha value is -0.650. The molecular weight excluding hydrogens is 289 g/mol. The first-order valence-electron chi connectivity index (χ1n) is 6.19. The number of nitrogens with one attached hydrogen (secondary N) is 1. The normalized spacial score (nSPS) is 13.5. The molecule has 0 spiro atoms. The predicted octanol–water partition coefficient (Wildman–Crippen LogP) is 2.95. The van der Waals surface area contributed by atoms with Crippen LogP contribution in [0.4, 0.5) is 4.39 Å². The Morgan fingerprint density at radius 3 is 2.63 bits per heavy atom. The molecule has 0 aromatic heterocycles. The Bertz CT molecular complexity index is 519. The highest BCUT2D eigenvalue weighted by molar-refractivity contribution is 7.90. The van der Waals surface area contributed by atoms with Gasteiger partial charge in [-0.2, -0.15) is 0 Å². The first-order valence-corrected chi connectivity index (χ1v) is 8.63. The highest BCUT2D eigenvalue weighted by Gasteiger charge is 2.13. The van der Waals surface area contributed by atoms with Crippen molar-refractivity contribution in [1.29, 1.82) is 0 Å². The Morgan fingerprint density at radius 2 is 2.11 bits per heavy atom. The Balaban J connectivity index is 2.73. The Morgan fingerprint density at radius 1 is 1.42 bits per heavy atom. The van der Waals surface area contributed by atoms with Gasteiger partial charge in [0, 0.05) is 18.1 Å². The van der Waals surface area contributed by atoms with Gasteiger partial charge in [0.1, 0.15) is 15.7 Å². The smallest absolute Gasteiger partial charge is 0.147 e. The van der Waals surface area contributed by atoms with Crippen molar-refractivity contribution in [3.8, 4) is 0 Å². The predicted molar refractivity (Wildman–Crippen MR) is 76.8 cm³/mol. The molecule has 0 radical (unpaired) electrons. The lowest BCUT2D eigenvalue weighted by molar-refractivity contribution is 0.503. The molecule has 1 rings (SSSR count). The molecule has 0 bridgehead atoms. The van der Waals surface area contributed by atoms with Gasteiger partial charge >= 0.3 is 0 Å². The molecule has 1 unspecified atom stereocenters. The average Bonchev–Trinajstić information content (AvgIpc) is 2.30. The van der Waals surface area contributed by atoms with E-state index in [9.17, 15) is 12.8 Å². The van der Waals surface area contributed by atoms with E-state index in [1.807, 2.05) is 6.92 Å². The van der Waals surface area contributed by atoms with Crippen LogP contribution in [-0.4, -0.2) is 27.0 Å². The van der Waals surface area contributed by atoms with Crippen LogP contribution in [0.3, 0.4) is 0 Å². The third kappa shape index (κ3) is 5.89. The van der Waals surface area contributed by atoms with Crippen molar-refractivity contribution in [3.05, 3.63) is 34.6 Å². The first-order chi connectivity index (χ1) is 8.83. The third-order valence-electron chi connectivity index (χ3n) is 2.80. The number of benzene rings is 1. The summed E-state index contributed by atoms with van der Waals surface area (Å²) in [6.07, 6.45) is 2.40. The van der Waals surface area contributed by atoms with Gasteiger partial charge in [-0.25, -0.2) is 12.8 Å². The SMILES string of the molecule is CCNC(CCCS(C)(=O)=O)c1ccc(Cl)c(F)c1. The molecule has 6 heteroatoms. The fraction of sp³-hybridized carbons (Fsp3) is 0.538. The summed E-state index contributed by atoms with van der Waals surface area (Å²) in [6, 6.07) is 4.63. The van der Waals surface area contributed by atoms with Crippen molar-refractivity contribution in [2.24, 2.45) is 0 Å². The summed E-state index contributed by atoms with van der Waals surface area (Å²) in [6.45, 7) is 2.68. The van der Waals surface area contributed by atoms with E-state index in [1.54, 1.807) is 6.07 Å². The highest BCUT2D eigenvalue weighted by atomic mass is 35.5. The zero-order valence-electron chi connectivity index (χ0n) is 11.1. The van der Waals surface area contributed by atoms with Crippen LogP contribution >= 0.6 is 11.6 Å². The zero-order chi connectivity index (χ0) is 14.5. The molecule has 1 atom stereocenters. The quantitative estimate of drug-likeness (QED) is 0.842. The van der Waals surface area contributed by atoms with Gasteiger partial charge in [0.15, 0.2) is 0 Å². The van der Waals surface area contributed by atoms with Crippen LogP contribution in [0.2, 0.25) is 5.02 Å². The van der Waals surface area contributed by atoms with E-state index in [-0.39, 0.29) is 16.8 Å². The van der Waals surface area contributed by atoms with Gasteiger partial charge in [-0.3, -0.25) is 0 Å². The molecule has 0 aliphatic heterocycles. The van der Waals surface area contributed by atoms with Crippen LogP contribution < -0.4 is 5.32 Å². The monoisotopic (exact) mass is 307 g/mol. The molecule has 1 N–H and O–H groups in total. The van der Waals surface area contributed by atoms with Crippen molar-refractivity contribution in [3.63, 3.8) is 0 Å². The summed E-state index contributed by atoms with van der Waals surface area (Å²) in [5, 5.41) is 3.32. The van der Waals surface area contributed by atoms with Gasteiger partial charge in [-0.15, -0.1) is 0 Å². The summed E-state index contributed by atoms with van der Waals surface area (Å²) in [7, 11) is -2.95. The number of sulfone groups is 1. The standard InChI is InChI=1S/C13H19ClFNO2S/c1-3-16-13(5-4-8-19(2,17)18)10-6-7-11(14)12(15)9-10/h6-7,9,13,16H,3-5,8H2,1-2H3. The van der Waals surface area contributed by atoms with Gasteiger partial charge < -0.3 is 5.32 Å². The second-order valence-electron chi connectivity index (χ2n) is 4.56. The molecule has 0 fully saturated rings. The minimum Gasteiger partial charge on any atom is -0.310 e. The van der Waals surface area contributed by atoms with E-state index < -0.39 is 15.7 Å². The van der Waals surface area contributed by atoms with Crippen molar-refractivity contribution in [2.75, 3.05) is 18.6 Å². The molecule has 0 saturated carbocycles. The minimum atomic E-state index is -2.95. The summed E-state index contributed by atoms with van der Waals surface area (Å²) >= 11 is 5.65. The maximum atomic E-state index is 13.4. The van der Waals surface area contributed by atoms with Crippen LogP contribution in [0, 0.1) is 5.82 Å². The van der Waals surface area contributed by atoms with Gasteiger partial charge in [-0.1, -0.05) is 24.6 Å². The highest BCUT2D eigenvalue weighted by Crippen LogP contribution is 2.23. The maximum absolute atomic E-state index is 13.4. The fourth-order valence-corrected chi connectivity index (χ4v) is 2.72. The first kappa shape index (κ1) is 16.4. The topological polar surface area (TPSA) is 46.2 Å². The van der Waals surface area contributed by atoms with E-state index in [0.717, 1.165) is 12.1 Å². The van der Waals surface area contributed by atoms with E-state index in [2.05, 4.69) is 5.32 Å². The number of rotatable bonds is 7. The molecule has 0 amide bonds. The van der Waals surface area contributed by atoms with Crippen LogP contribution in [0.5, 0.6) is 0 Å². The molecule has 3 nitrogen and oxygen atoms in total. The van der Waals surface area contributed by atoms with Crippen LogP contribution in [0.1, 0.15) is 31.4 Å². The molecule has 1 aromatic rings. The Kier molecular flexibility index (Phi) is 6.23. The number of hydrogen-bond donors (Lipinski definition) is 1. The summed E-state index contributed by atoms with van der Waals surface area (Å²) < 4.78 is 35.7. The average molecular weight is 308 g/mol. The van der Waals surface area contributed by atoms with Crippen LogP contribution in [0.25, 0.3) is 0 Å². The molecule has 0 saturated heterocycles. The van der Waals surface area contributed by atoms with Gasteiger partial charge in [0.25, 0.3) is 0 Å².